The Morgan fingerprint density at radius 2 is 2.35 bits per heavy atom. The normalized spacial score (nSPS) is 12.8. The molecule has 2 aromatic rings. The minimum atomic E-state index is -0.382. The first-order valence-electron chi connectivity index (χ1n) is 5.77. The fourth-order valence-corrected chi connectivity index (χ4v) is 1.69. The van der Waals surface area contributed by atoms with E-state index in [1.807, 2.05) is 19.1 Å². The Labute approximate surface area is 99.6 Å². The number of hydrogen-bond acceptors (Lipinski definition) is 5. The van der Waals surface area contributed by atoms with Gasteiger partial charge in [0.1, 0.15) is 5.52 Å². The summed E-state index contributed by atoms with van der Waals surface area (Å²) in [5.74, 6) is 0. The van der Waals surface area contributed by atoms with Gasteiger partial charge in [0.2, 0.25) is 0 Å². The van der Waals surface area contributed by atoms with Crippen LogP contribution in [0, 0.1) is 0 Å². The highest BCUT2D eigenvalue weighted by atomic mass is 16.4. The van der Waals surface area contributed by atoms with E-state index in [0.29, 0.717) is 29.3 Å². The maximum Gasteiger partial charge on any atom is 0.295 e. The zero-order chi connectivity index (χ0) is 12.3. The molecule has 1 aromatic carbocycles. The number of fused-ring (bicyclic) bond motifs is 1. The third kappa shape index (κ3) is 2.68. The SMILES string of the molecule is CCCC(O)CNc1nc2c(N)cccc2o1. The van der Waals surface area contributed by atoms with Crippen molar-refractivity contribution in [2.45, 2.75) is 25.9 Å². The second-order valence-electron chi connectivity index (χ2n) is 4.04. The third-order valence-corrected chi connectivity index (χ3v) is 2.56. The van der Waals surface area contributed by atoms with Gasteiger partial charge in [0.05, 0.1) is 11.8 Å². The van der Waals surface area contributed by atoms with E-state index in [-0.39, 0.29) is 6.10 Å². The zero-order valence-corrected chi connectivity index (χ0v) is 9.81. The second-order valence-corrected chi connectivity index (χ2v) is 4.04. The molecule has 0 spiro atoms. The van der Waals surface area contributed by atoms with Crippen molar-refractivity contribution in [2.75, 3.05) is 17.6 Å². The molecule has 0 aliphatic carbocycles. The van der Waals surface area contributed by atoms with Crippen LogP contribution in [0.1, 0.15) is 19.8 Å². The molecular weight excluding hydrogens is 218 g/mol. The summed E-state index contributed by atoms with van der Waals surface area (Å²) in [5, 5.41) is 12.5. The molecule has 4 N–H and O–H groups in total. The van der Waals surface area contributed by atoms with Gasteiger partial charge in [-0.15, -0.1) is 0 Å². The first-order valence-corrected chi connectivity index (χ1v) is 5.77. The zero-order valence-electron chi connectivity index (χ0n) is 9.81. The van der Waals surface area contributed by atoms with Gasteiger partial charge in [0.15, 0.2) is 5.58 Å². The molecule has 5 nitrogen and oxygen atoms in total. The smallest absolute Gasteiger partial charge is 0.295 e. The fourth-order valence-electron chi connectivity index (χ4n) is 1.69. The number of oxazole rings is 1. The van der Waals surface area contributed by atoms with Gasteiger partial charge in [-0.1, -0.05) is 19.4 Å². The van der Waals surface area contributed by atoms with Gasteiger partial charge < -0.3 is 20.6 Å². The molecule has 0 amide bonds. The van der Waals surface area contributed by atoms with Gasteiger partial charge >= 0.3 is 0 Å². The van der Waals surface area contributed by atoms with Crippen LogP contribution < -0.4 is 11.1 Å². The summed E-state index contributed by atoms with van der Waals surface area (Å²) in [4.78, 5) is 4.23. The molecule has 1 atom stereocenters. The molecule has 0 saturated heterocycles. The molecule has 0 bridgehead atoms. The van der Waals surface area contributed by atoms with E-state index in [9.17, 15) is 5.11 Å². The van der Waals surface area contributed by atoms with Crippen LogP contribution in [0.15, 0.2) is 22.6 Å². The van der Waals surface area contributed by atoms with Gasteiger partial charge in [0, 0.05) is 6.54 Å². The van der Waals surface area contributed by atoms with Crippen LogP contribution in [0.5, 0.6) is 0 Å². The Bertz CT molecular complexity index is 495. The van der Waals surface area contributed by atoms with Crippen molar-refractivity contribution in [3.63, 3.8) is 0 Å². The van der Waals surface area contributed by atoms with E-state index in [4.69, 9.17) is 10.2 Å². The number of para-hydroxylation sites is 1. The first kappa shape index (κ1) is 11.7. The second kappa shape index (κ2) is 5.05. The molecule has 92 valence electrons. The number of hydrogen-bond donors (Lipinski definition) is 3. The van der Waals surface area contributed by atoms with Crippen molar-refractivity contribution >= 4 is 22.8 Å². The maximum absolute atomic E-state index is 9.58. The van der Waals surface area contributed by atoms with Gasteiger partial charge in [-0.2, -0.15) is 4.98 Å². The number of rotatable bonds is 5. The van der Waals surface area contributed by atoms with Crippen molar-refractivity contribution in [1.29, 1.82) is 0 Å². The summed E-state index contributed by atoms with van der Waals surface area (Å²) >= 11 is 0. The van der Waals surface area contributed by atoms with Gasteiger partial charge in [-0.05, 0) is 18.6 Å². The molecule has 17 heavy (non-hydrogen) atoms. The number of nitrogen functional groups attached to an aromatic ring is 1. The molecular formula is C12H17N3O2. The highest BCUT2D eigenvalue weighted by Gasteiger charge is 2.09. The topological polar surface area (TPSA) is 84.3 Å². The molecule has 0 aliphatic heterocycles. The highest BCUT2D eigenvalue weighted by molar-refractivity contribution is 5.86. The summed E-state index contributed by atoms with van der Waals surface area (Å²) in [6, 6.07) is 5.80. The number of aliphatic hydroxyl groups is 1. The summed E-state index contributed by atoms with van der Waals surface area (Å²) in [6.45, 7) is 2.46. The van der Waals surface area contributed by atoms with Crippen LogP contribution in [0.2, 0.25) is 0 Å². The Morgan fingerprint density at radius 1 is 1.53 bits per heavy atom. The van der Waals surface area contributed by atoms with E-state index in [1.165, 1.54) is 0 Å². The summed E-state index contributed by atoms with van der Waals surface area (Å²) in [5.41, 5.74) is 7.67. The van der Waals surface area contributed by atoms with E-state index < -0.39 is 0 Å². The van der Waals surface area contributed by atoms with Gasteiger partial charge in [-0.25, -0.2) is 0 Å². The minimum absolute atomic E-state index is 0.382. The Kier molecular flexibility index (Phi) is 3.49. The lowest BCUT2D eigenvalue weighted by atomic mass is 10.2. The average Bonchev–Trinajstić information content (AvgIpc) is 2.71. The number of aliphatic hydroxyl groups excluding tert-OH is 1. The molecule has 2 rings (SSSR count). The van der Waals surface area contributed by atoms with Crippen molar-refractivity contribution in [2.24, 2.45) is 0 Å². The van der Waals surface area contributed by atoms with Crippen molar-refractivity contribution in [3.05, 3.63) is 18.2 Å². The van der Waals surface area contributed by atoms with E-state index in [1.54, 1.807) is 6.07 Å². The fraction of sp³-hybridized carbons (Fsp3) is 0.417. The number of nitrogens with one attached hydrogen (secondary N) is 1. The molecule has 0 radical (unpaired) electrons. The van der Waals surface area contributed by atoms with Crippen molar-refractivity contribution < 1.29 is 9.52 Å². The lowest BCUT2D eigenvalue weighted by molar-refractivity contribution is 0.175. The Morgan fingerprint density at radius 3 is 3.06 bits per heavy atom. The minimum Gasteiger partial charge on any atom is -0.423 e. The van der Waals surface area contributed by atoms with Crippen LogP contribution in [0.25, 0.3) is 11.1 Å². The number of benzene rings is 1. The van der Waals surface area contributed by atoms with Gasteiger partial charge in [0.25, 0.3) is 6.01 Å². The quantitative estimate of drug-likeness (QED) is 0.690. The molecule has 0 saturated carbocycles. The number of aromatic nitrogens is 1. The predicted octanol–water partition coefficient (Wildman–Crippen LogP) is 1.98. The summed E-state index contributed by atoms with van der Waals surface area (Å²) in [6.07, 6.45) is 1.32. The first-order chi connectivity index (χ1) is 8.20. The number of nitrogens with zero attached hydrogens (tertiary/aromatic N) is 1. The average molecular weight is 235 g/mol. The number of anilines is 2. The maximum atomic E-state index is 9.58. The van der Waals surface area contributed by atoms with Crippen LogP contribution in [0.3, 0.4) is 0 Å². The van der Waals surface area contributed by atoms with Crippen LogP contribution >= 0.6 is 0 Å². The lowest BCUT2D eigenvalue weighted by Gasteiger charge is -2.08. The van der Waals surface area contributed by atoms with Gasteiger partial charge in [-0.3, -0.25) is 0 Å². The Balaban J connectivity index is 2.07. The standard InChI is InChI=1S/C12H17N3O2/c1-2-4-8(16)7-14-12-15-11-9(13)5-3-6-10(11)17-12/h3,5-6,8,16H,2,4,7,13H2,1H3,(H,14,15). The molecule has 5 heteroatoms. The van der Waals surface area contributed by atoms with E-state index in [2.05, 4.69) is 10.3 Å². The largest absolute Gasteiger partial charge is 0.423 e. The van der Waals surface area contributed by atoms with Crippen LogP contribution in [-0.4, -0.2) is 22.7 Å². The van der Waals surface area contributed by atoms with Crippen LogP contribution in [-0.2, 0) is 0 Å². The van der Waals surface area contributed by atoms with Crippen LogP contribution in [0.4, 0.5) is 11.7 Å². The summed E-state index contributed by atoms with van der Waals surface area (Å²) in [7, 11) is 0. The molecule has 1 aromatic heterocycles. The predicted molar refractivity (Wildman–Crippen MR) is 67.8 cm³/mol. The number of nitrogens with two attached hydrogens (primary N) is 1. The van der Waals surface area contributed by atoms with Crippen molar-refractivity contribution in [3.8, 4) is 0 Å². The molecule has 1 unspecified atom stereocenters. The van der Waals surface area contributed by atoms with Crippen molar-refractivity contribution in [1.82, 2.24) is 4.98 Å². The monoisotopic (exact) mass is 235 g/mol. The highest BCUT2D eigenvalue weighted by Crippen LogP contribution is 2.23. The summed E-state index contributed by atoms with van der Waals surface area (Å²) < 4.78 is 5.46. The Hall–Kier alpha value is -1.75. The van der Waals surface area contributed by atoms with E-state index >= 15 is 0 Å². The lowest BCUT2D eigenvalue weighted by Crippen LogP contribution is -2.19. The molecule has 0 aliphatic rings. The molecule has 0 fully saturated rings. The third-order valence-electron chi connectivity index (χ3n) is 2.56. The van der Waals surface area contributed by atoms with E-state index in [0.717, 1.165) is 12.8 Å². The molecule has 1 heterocycles.